The van der Waals surface area contributed by atoms with Gasteiger partial charge >= 0.3 is 0 Å². The fourth-order valence-corrected chi connectivity index (χ4v) is 4.03. The van der Waals surface area contributed by atoms with Gasteiger partial charge in [-0.15, -0.1) is 0 Å². The van der Waals surface area contributed by atoms with E-state index in [2.05, 4.69) is 29.2 Å². The number of para-hydroxylation sites is 1. The third-order valence-electron chi connectivity index (χ3n) is 3.87. The van der Waals surface area contributed by atoms with Crippen molar-refractivity contribution in [1.29, 1.82) is 0 Å². The van der Waals surface area contributed by atoms with Crippen LogP contribution in [0.2, 0.25) is 0 Å². The van der Waals surface area contributed by atoms with Gasteiger partial charge in [-0.25, -0.2) is 4.98 Å². The molecule has 0 N–H and O–H groups in total. The van der Waals surface area contributed by atoms with E-state index in [0.29, 0.717) is 6.42 Å². The number of thiazole rings is 1. The van der Waals surface area contributed by atoms with Crippen molar-refractivity contribution in [2.75, 3.05) is 11.4 Å². The number of aromatic nitrogens is 1. The Morgan fingerprint density at radius 1 is 1.16 bits per heavy atom. The summed E-state index contributed by atoms with van der Waals surface area (Å²) in [5, 5.41) is 0.991. The van der Waals surface area contributed by atoms with Gasteiger partial charge in [0.25, 0.3) is 0 Å². The van der Waals surface area contributed by atoms with Crippen LogP contribution < -0.4 is 4.90 Å². The Hall–Kier alpha value is -1.68. The number of hydrogen-bond donors (Lipinski definition) is 0. The summed E-state index contributed by atoms with van der Waals surface area (Å²) < 4.78 is 0. The van der Waals surface area contributed by atoms with E-state index >= 15 is 0 Å². The number of ketones is 1. The van der Waals surface area contributed by atoms with Crippen LogP contribution >= 0.6 is 11.3 Å². The van der Waals surface area contributed by atoms with Gasteiger partial charge in [0, 0.05) is 18.7 Å². The third kappa shape index (κ3) is 1.70. The minimum absolute atomic E-state index is 0.275. The van der Waals surface area contributed by atoms with Gasteiger partial charge < -0.3 is 4.90 Å². The molecule has 0 spiro atoms. The maximum Gasteiger partial charge on any atom is 0.190 e. The van der Waals surface area contributed by atoms with Gasteiger partial charge in [0.1, 0.15) is 0 Å². The van der Waals surface area contributed by atoms with Crippen molar-refractivity contribution in [3.63, 3.8) is 0 Å². The first-order valence-electron chi connectivity index (χ1n) is 6.71. The molecule has 2 heterocycles. The van der Waals surface area contributed by atoms with Gasteiger partial charge in [0.15, 0.2) is 10.9 Å². The molecule has 96 valence electrons. The van der Waals surface area contributed by atoms with Gasteiger partial charge in [-0.1, -0.05) is 29.5 Å². The molecule has 3 nitrogen and oxygen atoms in total. The molecule has 0 fully saturated rings. The van der Waals surface area contributed by atoms with Gasteiger partial charge in [-0.05, 0) is 30.9 Å². The van der Waals surface area contributed by atoms with E-state index in [9.17, 15) is 4.79 Å². The average molecular weight is 270 g/mol. The number of fused-ring (bicyclic) bond motifs is 2. The molecule has 1 aliphatic carbocycles. The molecule has 0 saturated heterocycles. The highest BCUT2D eigenvalue weighted by atomic mass is 32.1. The zero-order valence-corrected chi connectivity index (χ0v) is 11.4. The molecule has 0 atom stereocenters. The van der Waals surface area contributed by atoms with Crippen molar-refractivity contribution in [2.24, 2.45) is 0 Å². The van der Waals surface area contributed by atoms with Crippen LogP contribution in [0.3, 0.4) is 0 Å². The number of carbonyl (C=O) groups excluding carboxylic acids is 1. The van der Waals surface area contributed by atoms with Crippen molar-refractivity contribution >= 4 is 27.9 Å². The topological polar surface area (TPSA) is 33.2 Å². The molecule has 1 aliphatic heterocycles. The molecule has 1 aromatic heterocycles. The second-order valence-corrected chi connectivity index (χ2v) is 6.06. The molecule has 2 aliphatic rings. The van der Waals surface area contributed by atoms with E-state index in [1.165, 1.54) is 11.3 Å². The van der Waals surface area contributed by atoms with Crippen molar-refractivity contribution in [3.8, 4) is 0 Å². The number of hydrogen-bond acceptors (Lipinski definition) is 4. The summed E-state index contributed by atoms with van der Waals surface area (Å²) in [5.74, 6) is 0.275. The fraction of sp³-hybridized carbons (Fsp3) is 0.333. The number of Topliss-reactive ketones (excluding diaryl/α,β-unsaturated/α-hetero) is 1. The van der Waals surface area contributed by atoms with Gasteiger partial charge in [-0.2, -0.15) is 0 Å². The highest BCUT2D eigenvalue weighted by Crippen LogP contribution is 2.39. The highest BCUT2D eigenvalue weighted by Gasteiger charge is 2.27. The van der Waals surface area contributed by atoms with Crippen LogP contribution in [0.1, 0.15) is 33.8 Å². The van der Waals surface area contributed by atoms with Crippen molar-refractivity contribution in [2.45, 2.75) is 25.7 Å². The molecular formula is C15H14N2OS. The minimum atomic E-state index is 0.275. The Kier molecular flexibility index (Phi) is 2.45. The van der Waals surface area contributed by atoms with Crippen LogP contribution in [-0.4, -0.2) is 17.3 Å². The molecule has 19 heavy (non-hydrogen) atoms. The smallest absolute Gasteiger partial charge is 0.190 e. The second kappa shape index (κ2) is 4.17. The fourth-order valence-electron chi connectivity index (χ4n) is 2.91. The van der Waals surface area contributed by atoms with Gasteiger partial charge in [0.2, 0.25) is 0 Å². The van der Waals surface area contributed by atoms with Crippen LogP contribution in [0.4, 0.5) is 10.8 Å². The van der Waals surface area contributed by atoms with E-state index in [0.717, 1.165) is 41.5 Å². The molecule has 0 amide bonds. The molecule has 0 unspecified atom stereocenters. The van der Waals surface area contributed by atoms with E-state index in [-0.39, 0.29) is 5.78 Å². The standard InChI is InChI=1S/C15H14N2OS/c18-13-7-3-5-11-14(13)19-15(16-11)17-9-8-10-4-1-2-6-12(10)17/h1-2,4,6H,3,5,7-9H2. The van der Waals surface area contributed by atoms with E-state index in [1.807, 2.05) is 0 Å². The number of nitrogens with zero attached hydrogens (tertiary/aromatic N) is 2. The van der Waals surface area contributed by atoms with Crippen LogP contribution in [0.15, 0.2) is 24.3 Å². The Balaban J connectivity index is 1.77. The predicted octanol–water partition coefficient (Wildman–Crippen LogP) is 3.36. The van der Waals surface area contributed by atoms with E-state index in [1.54, 1.807) is 11.3 Å². The Morgan fingerprint density at radius 2 is 2.05 bits per heavy atom. The van der Waals surface area contributed by atoms with Gasteiger partial charge in [-0.3, -0.25) is 4.79 Å². The summed E-state index contributed by atoms with van der Waals surface area (Å²) in [6.07, 6.45) is 3.65. The first-order valence-corrected chi connectivity index (χ1v) is 7.53. The summed E-state index contributed by atoms with van der Waals surface area (Å²) in [6.45, 7) is 0.972. The second-order valence-electron chi connectivity index (χ2n) is 5.08. The van der Waals surface area contributed by atoms with Crippen LogP contribution in [0, 0.1) is 0 Å². The van der Waals surface area contributed by atoms with Crippen molar-refractivity contribution in [1.82, 2.24) is 4.98 Å². The molecule has 2 aromatic rings. The molecule has 0 radical (unpaired) electrons. The SMILES string of the molecule is O=C1CCCc2nc(N3CCc4ccccc43)sc21. The number of aryl methyl sites for hydroxylation is 1. The third-order valence-corrected chi connectivity index (χ3v) is 5.04. The number of carbonyl (C=O) groups is 1. The van der Waals surface area contributed by atoms with E-state index < -0.39 is 0 Å². The quantitative estimate of drug-likeness (QED) is 0.796. The first-order chi connectivity index (χ1) is 9.33. The predicted molar refractivity (Wildman–Crippen MR) is 76.5 cm³/mol. The highest BCUT2D eigenvalue weighted by molar-refractivity contribution is 7.17. The van der Waals surface area contributed by atoms with Crippen LogP contribution in [0.25, 0.3) is 0 Å². The normalized spacial score (nSPS) is 17.5. The lowest BCUT2D eigenvalue weighted by Gasteiger charge is -2.15. The summed E-state index contributed by atoms with van der Waals surface area (Å²) in [6, 6.07) is 8.47. The van der Waals surface area contributed by atoms with Crippen LogP contribution in [0.5, 0.6) is 0 Å². The lowest BCUT2D eigenvalue weighted by molar-refractivity contribution is 0.0976. The minimum Gasteiger partial charge on any atom is -0.317 e. The number of benzene rings is 1. The Labute approximate surface area is 115 Å². The van der Waals surface area contributed by atoms with Crippen molar-refractivity contribution < 1.29 is 4.79 Å². The molecule has 1 aromatic carbocycles. The molecule has 4 rings (SSSR count). The first kappa shape index (κ1) is 11.2. The van der Waals surface area contributed by atoms with Crippen LogP contribution in [-0.2, 0) is 12.8 Å². The largest absolute Gasteiger partial charge is 0.317 e. The zero-order chi connectivity index (χ0) is 12.8. The number of rotatable bonds is 1. The average Bonchev–Trinajstić information content (AvgIpc) is 3.02. The summed E-state index contributed by atoms with van der Waals surface area (Å²) in [5.41, 5.74) is 3.64. The lowest BCUT2D eigenvalue weighted by Crippen LogP contribution is -2.13. The monoisotopic (exact) mass is 270 g/mol. The summed E-state index contributed by atoms with van der Waals surface area (Å²) in [7, 11) is 0. The Morgan fingerprint density at radius 3 is 2.95 bits per heavy atom. The molecule has 4 heteroatoms. The summed E-state index contributed by atoms with van der Waals surface area (Å²) >= 11 is 1.57. The summed E-state index contributed by atoms with van der Waals surface area (Å²) in [4.78, 5) is 19.8. The lowest BCUT2D eigenvalue weighted by atomic mass is 10.0. The molecular weight excluding hydrogens is 256 g/mol. The molecule has 0 saturated carbocycles. The van der Waals surface area contributed by atoms with Gasteiger partial charge in [0.05, 0.1) is 10.6 Å². The maximum atomic E-state index is 11.9. The number of anilines is 2. The zero-order valence-electron chi connectivity index (χ0n) is 10.6. The Bertz CT molecular complexity index is 662. The molecule has 0 bridgehead atoms. The van der Waals surface area contributed by atoms with Crippen molar-refractivity contribution in [3.05, 3.63) is 40.4 Å². The van der Waals surface area contributed by atoms with E-state index in [4.69, 9.17) is 4.98 Å². The maximum absolute atomic E-state index is 11.9.